The first kappa shape index (κ1) is 14.4. The van der Waals surface area contributed by atoms with E-state index in [0.717, 1.165) is 16.7 Å². The second-order valence-corrected chi connectivity index (χ2v) is 5.45. The van der Waals surface area contributed by atoms with Crippen LogP contribution in [0.5, 0.6) is 0 Å². The highest BCUT2D eigenvalue weighted by Crippen LogP contribution is 2.32. The maximum atomic E-state index is 12.9. The van der Waals surface area contributed by atoms with Crippen LogP contribution in [-0.4, -0.2) is 42.8 Å². The zero-order valence-electron chi connectivity index (χ0n) is 11.2. The molecule has 1 aromatic heterocycles. The number of halogens is 1. The van der Waals surface area contributed by atoms with Gasteiger partial charge in [-0.15, -0.1) is 5.10 Å². The van der Waals surface area contributed by atoms with E-state index in [1.165, 1.54) is 23.1 Å². The Labute approximate surface area is 128 Å². The van der Waals surface area contributed by atoms with Crippen LogP contribution in [0.2, 0.25) is 0 Å². The van der Waals surface area contributed by atoms with Crippen LogP contribution in [0.3, 0.4) is 0 Å². The molecular formula is C13H10FN5O2S. The maximum Gasteiger partial charge on any atom is 0.293 e. The third-order valence-corrected chi connectivity index (χ3v) is 3.89. The van der Waals surface area contributed by atoms with Crippen molar-refractivity contribution in [2.24, 2.45) is 0 Å². The number of tetrazole rings is 1. The minimum atomic E-state index is -0.368. The van der Waals surface area contributed by atoms with Crippen molar-refractivity contribution in [2.45, 2.75) is 6.54 Å². The fourth-order valence-electron chi connectivity index (χ4n) is 1.89. The Bertz CT molecular complexity index is 729. The lowest BCUT2D eigenvalue weighted by Gasteiger charge is -2.11. The highest BCUT2D eigenvalue weighted by molar-refractivity contribution is 8.18. The van der Waals surface area contributed by atoms with Gasteiger partial charge < -0.3 is 0 Å². The van der Waals surface area contributed by atoms with Gasteiger partial charge in [-0.1, -0.05) is 12.1 Å². The van der Waals surface area contributed by atoms with Gasteiger partial charge in [0.2, 0.25) is 0 Å². The Kier molecular flexibility index (Phi) is 3.96. The van der Waals surface area contributed by atoms with Crippen LogP contribution in [0, 0.1) is 5.82 Å². The van der Waals surface area contributed by atoms with Gasteiger partial charge in [0.15, 0.2) is 0 Å². The molecule has 1 aliphatic heterocycles. The third-order valence-electron chi connectivity index (χ3n) is 2.99. The molecule has 2 amide bonds. The van der Waals surface area contributed by atoms with Crippen LogP contribution in [0.1, 0.15) is 5.56 Å². The Morgan fingerprint density at radius 3 is 2.64 bits per heavy atom. The van der Waals surface area contributed by atoms with Crippen molar-refractivity contribution in [1.29, 1.82) is 0 Å². The van der Waals surface area contributed by atoms with Gasteiger partial charge in [0.1, 0.15) is 12.1 Å². The number of carbonyl (C=O) groups excluding carboxylic acids is 2. The molecule has 1 fully saturated rings. The molecule has 22 heavy (non-hydrogen) atoms. The SMILES string of the molecule is O=C1S/C(=C/c2ccc(F)cc2)C(=O)N1CCn1cnnn1. The number of hydrogen-bond donors (Lipinski definition) is 0. The van der Waals surface area contributed by atoms with E-state index in [9.17, 15) is 14.0 Å². The maximum absolute atomic E-state index is 12.9. The second kappa shape index (κ2) is 6.06. The standard InChI is InChI=1S/C13H10FN5O2S/c14-10-3-1-9(2-4-10)7-11-12(20)19(13(21)22-11)6-5-18-8-15-16-17-18/h1-4,7-8H,5-6H2/b11-7+. The van der Waals surface area contributed by atoms with E-state index in [4.69, 9.17) is 0 Å². The number of amides is 2. The number of aromatic nitrogens is 4. The second-order valence-electron chi connectivity index (χ2n) is 4.46. The van der Waals surface area contributed by atoms with Gasteiger partial charge in [0.25, 0.3) is 11.1 Å². The molecule has 2 aromatic rings. The summed E-state index contributed by atoms with van der Waals surface area (Å²) in [5.74, 6) is -0.723. The van der Waals surface area contributed by atoms with Crippen molar-refractivity contribution in [3.05, 3.63) is 46.9 Å². The smallest absolute Gasteiger partial charge is 0.268 e. The highest BCUT2D eigenvalue weighted by atomic mass is 32.2. The summed E-state index contributed by atoms with van der Waals surface area (Å²) in [5, 5.41) is 10.3. The van der Waals surface area contributed by atoms with Gasteiger partial charge in [-0.2, -0.15) is 0 Å². The molecule has 0 N–H and O–H groups in total. The number of imide groups is 1. The number of rotatable bonds is 4. The predicted molar refractivity (Wildman–Crippen MR) is 76.9 cm³/mol. The highest BCUT2D eigenvalue weighted by Gasteiger charge is 2.34. The van der Waals surface area contributed by atoms with Gasteiger partial charge in [-0.25, -0.2) is 9.07 Å². The molecule has 112 valence electrons. The lowest BCUT2D eigenvalue weighted by atomic mass is 10.2. The van der Waals surface area contributed by atoms with Crippen molar-refractivity contribution in [1.82, 2.24) is 25.1 Å². The Morgan fingerprint density at radius 1 is 1.18 bits per heavy atom. The van der Waals surface area contributed by atoms with Crippen LogP contribution in [-0.2, 0) is 11.3 Å². The molecule has 2 heterocycles. The van der Waals surface area contributed by atoms with E-state index >= 15 is 0 Å². The summed E-state index contributed by atoms with van der Waals surface area (Å²) in [7, 11) is 0. The largest absolute Gasteiger partial charge is 0.293 e. The third kappa shape index (κ3) is 3.03. The minimum absolute atomic E-state index is 0.191. The fourth-order valence-corrected chi connectivity index (χ4v) is 2.75. The number of nitrogens with zero attached hydrogens (tertiary/aromatic N) is 5. The predicted octanol–water partition coefficient (Wildman–Crippen LogP) is 1.55. The zero-order chi connectivity index (χ0) is 15.5. The molecule has 0 atom stereocenters. The Hall–Kier alpha value is -2.55. The summed E-state index contributed by atoms with van der Waals surface area (Å²) in [6.07, 6.45) is 2.98. The first-order valence-corrected chi connectivity index (χ1v) is 7.17. The molecule has 1 aromatic carbocycles. The van der Waals surface area contributed by atoms with E-state index in [1.54, 1.807) is 18.2 Å². The molecule has 0 unspecified atom stereocenters. The number of carbonyl (C=O) groups is 2. The molecule has 0 saturated carbocycles. The molecule has 3 rings (SSSR count). The quantitative estimate of drug-likeness (QED) is 0.795. The summed E-state index contributed by atoms with van der Waals surface area (Å²) in [6.45, 7) is 0.519. The minimum Gasteiger partial charge on any atom is -0.268 e. The number of hydrogen-bond acceptors (Lipinski definition) is 6. The molecule has 0 spiro atoms. The molecule has 0 aliphatic carbocycles. The van der Waals surface area contributed by atoms with Crippen LogP contribution >= 0.6 is 11.8 Å². The van der Waals surface area contributed by atoms with E-state index in [2.05, 4.69) is 15.5 Å². The molecule has 0 bridgehead atoms. The van der Waals surface area contributed by atoms with Crippen LogP contribution in [0.15, 0.2) is 35.5 Å². The van der Waals surface area contributed by atoms with E-state index in [0.29, 0.717) is 17.0 Å². The number of thioether (sulfide) groups is 1. The van der Waals surface area contributed by atoms with E-state index < -0.39 is 0 Å². The molecule has 0 radical (unpaired) electrons. The van der Waals surface area contributed by atoms with Crippen molar-refractivity contribution < 1.29 is 14.0 Å². The van der Waals surface area contributed by atoms with Crippen molar-refractivity contribution in [2.75, 3.05) is 6.54 Å². The van der Waals surface area contributed by atoms with Crippen LogP contribution < -0.4 is 0 Å². The van der Waals surface area contributed by atoms with Gasteiger partial charge in [-0.3, -0.25) is 14.5 Å². The van der Waals surface area contributed by atoms with Gasteiger partial charge in [0.05, 0.1) is 11.4 Å². The zero-order valence-corrected chi connectivity index (χ0v) is 12.0. The Balaban J connectivity index is 1.72. The summed E-state index contributed by atoms with van der Waals surface area (Å²) < 4.78 is 14.3. The van der Waals surface area contributed by atoms with Crippen LogP contribution in [0.25, 0.3) is 6.08 Å². The average molecular weight is 319 g/mol. The topological polar surface area (TPSA) is 81.0 Å². The summed E-state index contributed by atoms with van der Waals surface area (Å²) in [5.41, 5.74) is 0.660. The summed E-state index contributed by atoms with van der Waals surface area (Å²) in [6, 6.07) is 5.69. The monoisotopic (exact) mass is 319 g/mol. The van der Waals surface area contributed by atoms with Gasteiger partial charge >= 0.3 is 0 Å². The first-order valence-electron chi connectivity index (χ1n) is 6.35. The van der Waals surface area contributed by atoms with Crippen molar-refractivity contribution in [3.8, 4) is 0 Å². The van der Waals surface area contributed by atoms with Crippen molar-refractivity contribution in [3.63, 3.8) is 0 Å². The van der Waals surface area contributed by atoms with Crippen LogP contribution in [0.4, 0.5) is 9.18 Å². The normalized spacial score (nSPS) is 16.8. The molecule has 7 nitrogen and oxygen atoms in total. The van der Waals surface area contributed by atoms with Gasteiger partial charge in [-0.05, 0) is 46.0 Å². The first-order chi connectivity index (χ1) is 10.6. The molecule has 1 aliphatic rings. The summed E-state index contributed by atoms with van der Waals surface area (Å²) >= 11 is 0.862. The fraction of sp³-hybridized carbons (Fsp3) is 0.154. The molecule has 9 heteroatoms. The lowest BCUT2D eigenvalue weighted by Crippen LogP contribution is -2.31. The van der Waals surface area contributed by atoms with Gasteiger partial charge in [0, 0.05) is 6.54 Å². The van der Waals surface area contributed by atoms with E-state index in [-0.39, 0.29) is 23.5 Å². The molecular weight excluding hydrogens is 309 g/mol. The molecule has 1 saturated heterocycles. The van der Waals surface area contributed by atoms with Crippen molar-refractivity contribution >= 4 is 29.0 Å². The Morgan fingerprint density at radius 2 is 1.95 bits per heavy atom. The number of benzene rings is 1. The van der Waals surface area contributed by atoms with E-state index in [1.807, 2.05) is 0 Å². The summed E-state index contributed by atoms with van der Waals surface area (Å²) in [4.78, 5) is 25.6. The average Bonchev–Trinajstić information content (AvgIpc) is 3.10. The lowest BCUT2D eigenvalue weighted by molar-refractivity contribution is -0.122.